The summed E-state index contributed by atoms with van der Waals surface area (Å²) in [5.74, 6) is 0. The van der Waals surface area contributed by atoms with Gasteiger partial charge in [-0.15, -0.1) is 0 Å². The van der Waals surface area contributed by atoms with E-state index in [0.29, 0.717) is 25.9 Å². The number of alkyl halides is 1. The van der Waals surface area contributed by atoms with Gasteiger partial charge < -0.3 is 9.80 Å². The van der Waals surface area contributed by atoms with E-state index in [1.54, 1.807) is 4.90 Å². The molecule has 0 radical (unpaired) electrons. The highest BCUT2D eigenvalue weighted by molar-refractivity contribution is 5.78. The number of halogens is 1. The molecule has 4 rings (SSSR count). The molecule has 1 heterocycles. The Hall–Kier alpha value is -2.13. The highest BCUT2D eigenvalue weighted by Gasteiger charge is 2.58. The first-order valence-electron chi connectivity index (χ1n) is 11.4. The van der Waals surface area contributed by atoms with E-state index in [-0.39, 0.29) is 23.7 Å². The molecule has 0 N–H and O–H groups in total. The number of amides is 2. The first kappa shape index (κ1) is 22.1. The summed E-state index contributed by atoms with van der Waals surface area (Å²) in [6.45, 7) is 4.89. The van der Waals surface area contributed by atoms with Gasteiger partial charge in [-0.25, -0.2) is 9.18 Å². The van der Waals surface area contributed by atoms with Crippen LogP contribution in [0.25, 0.3) is 0 Å². The first-order chi connectivity index (χ1) is 14.5. The third kappa shape index (κ3) is 3.93. The number of hydrogen-bond acceptors (Lipinski definition) is 3. The Morgan fingerprint density at radius 3 is 2.23 bits per heavy atom. The minimum absolute atomic E-state index is 0.0758. The number of hydrogen-bond donors (Lipinski definition) is 0. The minimum Gasteiger partial charge on any atom is -0.321 e. The topological polar surface area (TPSA) is 50.6 Å². The fraction of sp³-hybridized carbons (Fsp3) is 0.680. The molecule has 31 heavy (non-hydrogen) atoms. The Kier molecular flexibility index (Phi) is 5.33. The average Bonchev–Trinajstić information content (AvgIpc) is 3.44. The summed E-state index contributed by atoms with van der Waals surface area (Å²) >= 11 is 0. The Morgan fingerprint density at radius 1 is 1.10 bits per heavy atom. The highest BCUT2D eigenvalue weighted by Crippen LogP contribution is 2.51. The maximum atomic E-state index is 14.9. The molecule has 3 aliphatic rings. The number of carbonyl (C=O) groups is 1. The molecule has 0 unspecified atom stereocenters. The second kappa shape index (κ2) is 7.48. The Balaban J connectivity index is 1.61. The minimum atomic E-state index is -1.22. The van der Waals surface area contributed by atoms with Crippen molar-refractivity contribution < 1.29 is 9.18 Å². The zero-order chi connectivity index (χ0) is 22.5. The SMILES string of the molecule is CN(C)[C@]1(c2ccccc2)CC[C@@]2(CC1)CN(CC(C)(C)C#N)C(=O)N2CC1(F)CC1. The fourth-order valence-electron chi connectivity index (χ4n) is 5.63. The van der Waals surface area contributed by atoms with Crippen molar-refractivity contribution in [2.24, 2.45) is 5.41 Å². The lowest BCUT2D eigenvalue weighted by molar-refractivity contribution is 0.0156. The zero-order valence-electron chi connectivity index (χ0n) is 19.3. The molecule has 6 heteroatoms. The van der Waals surface area contributed by atoms with Crippen molar-refractivity contribution in [2.75, 3.05) is 33.7 Å². The van der Waals surface area contributed by atoms with Gasteiger partial charge in [-0.3, -0.25) is 4.90 Å². The summed E-state index contributed by atoms with van der Waals surface area (Å²) in [6, 6.07) is 12.8. The molecule has 0 bridgehead atoms. The van der Waals surface area contributed by atoms with Crippen LogP contribution in [0.1, 0.15) is 57.9 Å². The van der Waals surface area contributed by atoms with E-state index in [9.17, 15) is 14.4 Å². The Bertz CT molecular complexity index is 863. The smallest absolute Gasteiger partial charge is 0.320 e. The molecular weight excluding hydrogens is 391 g/mol. The maximum Gasteiger partial charge on any atom is 0.320 e. The van der Waals surface area contributed by atoms with Crippen LogP contribution in [0, 0.1) is 16.7 Å². The van der Waals surface area contributed by atoms with Crippen molar-refractivity contribution >= 4 is 6.03 Å². The fourth-order valence-corrected chi connectivity index (χ4v) is 5.63. The van der Waals surface area contributed by atoms with E-state index in [2.05, 4.69) is 49.3 Å². The summed E-state index contributed by atoms with van der Waals surface area (Å²) in [5.41, 5.74) is -0.964. The molecule has 0 atom stereocenters. The predicted molar refractivity (Wildman–Crippen MR) is 119 cm³/mol. The van der Waals surface area contributed by atoms with Crippen LogP contribution in [0.4, 0.5) is 9.18 Å². The molecular formula is C25H35FN4O. The van der Waals surface area contributed by atoms with E-state index in [1.807, 2.05) is 24.8 Å². The van der Waals surface area contributed by atoms with Gasteiger partial charge in [-0.05, 0) is 72.0 Å². The van der Waals surface area contributed by atoms with E-state index in [4.69, 9.17) is 0 Å². The van der Waals surface area contributed by atoms with Crippen molar-refractivity contribution in [3.8, 4) is 6.07 Å². The van der Waals surface area contributed by atoms with Crippen LogP contribution >= 0.6 is 0 Å². The zero-order valence-corrected chi connectivity index (χ0v) is 19.3. The molecule has 1 saturated heterocycles. The molecule has 2 saturated carbocycles. The summed E-state index contributed by atoms with van der Waals surface area (Å²) < 4.78 is 14.9. The van der Waals surface area contributed by atoms with Gasteiger partial charge in [-0.2, -0.15) is 5.26 Å². The van der Waals surface area contributed by atoms with Crippen molar-refractivity contribution in [3.63, 3.8) is 0 Å². The van der Waals surface area contributed by atoms with Crippen LogP contribution in [-0.2, 0) is 5.54 Å². The molecule has 2 aliphatic carbocycles. The van der Waals surface area contributed by atoms with E-state index >= 15 is 0 Å². The van der Waals surface area contributed by atoms with E-state index in [0.717, 1.165) is 25.7 Å². The van der Waals surface area contributed by atoms with E-state index in [1.165, 1.54) is 5.56 Å². The average molecular weight is 427 g/mol. The summed E-state index contributed by atoms with van der Waals surface area (Å²) in [5, 5.41) is 9.49. The van der Waals surface area contributed by atoms with Crippen LogP contribution in [0.5, 0.6) is 0 Å². The molecule has 1 spiro atoms. The third-order valence-electron chi connectivity index (χ3n) is 7.86. The lowest BCUT2D eigenvalue weighted by Crippen LogP contribution is -2.56. The van der Waals surface area contributed by atoms with Gasteiger partial charge in [0.2, 0.25) is 0 Å². The molecule has 5 nitrogen and oxygen atoms in total. The quantitative estimate of drug-likeness (QED) is 0.671. The number of carbonyl (C=O) groups excluding carboxylic acids is 1. The number of nitriles is 1. The van der Waals surface area contributed by atoms with Gasteiger partial charge >= 0.3 is 6.03 Å². The normalized spacial score (nSPS) is 30.2. The number of rotatable bonds is 6. The van der Waals surface area contributed by atoms with Crippen LogP contribution in [-0.4, -0.2) is 65.7 Å². The van der Waals surface area contributed by atoms with Crippen LogP contribution in [0.3, 0.4) is 0 Å². The molecule has 1 aromatic rings. The van der Waals surface area contributed by atoms with Gasteiger partial charge in [0.1, 0.15) is 5.67 Å². The standard InChI is InChI=1S/C25H35FN4O/c1-22(2,16-27)17-29-19-24(30(21(29)31)18-23(26)10-11-23)12-14-25(15-13-24,28(3)4)20-8-6-5-7-9-20/h5-9H,10-15,17-19H2,1-4H3/t24-,25-. The van der Waals surface area contributed by atoms with Gasteiger partial charge in [-0.1, -0.05) is 30.3 Å². The molecule has 0 aromatic heterocycles. The summed E-state index contributed by atoms with van der Waals surface area (Å²) in [6.07, 6.45) is 4.60. The van der Waals surface area contributed by atoms with Gasteiger partial charge in [0, 0.05) is 18.6 Å². The molecule has 168 valence electrons. The summed E-state index contributed by atoms with van der Waals surface area (Å²) in [7, 11) is 4.26. The molecule has 1 aliphatic heterocycles. The molecule has 2 amide bonds. The highest BCUT2D eigenvalue weighted by atomic mass is 19.1. The number of benzene rings is 1. The van der Waals surface area contributed by atoms with Crippen LogP contribution in [0.2, 0.25) is 0 Å². The van der Waals surface area contributed by atoms with Crippen molar-refractivity contribution in [3.05, 3.63) is 35.9 Å². The van der Waals surface area contributed by atoms with E-state index < -0.39 is 11.1 Å². The maximum absolute atomic E-state index is 14.9. The lowest BCUT2D eigenvalue weighted by atomic mass is 9.68. The monoisotopic (exact) mass is 426 g/mol. The number of urea groups is 1. The Labute approximate surface area is 185 Å². The van der Waals surface area contributed by atoms with Gasteiger partial charge in [0.25, 0.3) is 0 Å². The Morgan fingerprint density at radius 2 is 1.71 bits per heavy atom. The van der Waals surface area contributed by atoms with Crippen LogP contribution in [0.15, 0.2) is 30.3 Å². The first-order valence-corrected chi connectivity index (χ1v) is 11.4. The lowest BCUT2D eigenvalue weighted by Gasteiger charge is -2.51. The van der Waals surface area contributed by atoms with Gasteiger partial charge in [0.15, 0.2) is 0 Å². The summed E-state index contributed by atoms with van der Waals surface area (Å²) in [4.78, 5) is 19.4. The van der Waals surface area contributed by atoms with Crippen LogP contribution < -0.4 is 0 Å². The van der Waals surface area contributed by atoms with Crippen molar-refractivity contribution in [1.82, 2.24) is 14.7 Å². The predicted octanol–water partition coefficient (Wildman–Crippen LogP) is 4.55. The van der Waals surface area contributed by atoms with Gasteiger partial charge in [0.05, 0.1) is 23.6 Å². The van der Waals surface area contributed by atoms with Crippen molar-refractivity contribution in [2.45, 2.75) is 69.1 Å². The second-order valence-electron chi connectivity index (χ2n) is 10.9. The second-order valence-corrected chi connectivity index (χ2v) is 10.9. The molecule has 1 aromatic carbocycles. The van der Waals surface area contributed by atoms with Crippen molar-refractivity contribution in [1.29, 1.82) is 5.26 Å². The molecule has 3 fully saturated rings. The largest absolute Gasteiger partial charge is 0.321 e. The number of nitrogens with zero attached hydrogens (tertiary/aromatic N) is 4. The third-order valence-corrected chi connectivity index (χ3v) is 7.86.